The molecule has 0 aliphatic carbocycles. The van der Waals surface area contributed by atoms with Crippen molar-refractivity contribution in [1.29, 1.82) is 0 Å². The quantitative estimate of drug-likeness (QED) is 0.286. The average molecular weight is 586 g/mol. The van der Waals surface area contributed by atoms with E-state index in [2.05, 4.69) is 24.0 Å². The van der Waals surface area contributed by atoms with Gasteiger partial charge in [-0.15, -0.1) is 0 Å². The summed E-state index contributed by atoms with van der Waals surface area (Å²) in [5.74, 6) is -0.0898. The lowest BCUT2D eigenvalue weighted by Gasteiger charge is -2.49. The lowest BCUT2D eigenvalue weighted by molar-refractivity contribution is -0.127. The van der Waals surface area contributed by atoms with Gasteiger partial charge in [-0.1, -0.05) is 74.0 Å². The van der Waals surface area contributed by atoms with Gasteiger partial charge in [-0.2, -0.15) is 0 Å². The van der Waals surface area contributed by atoms with Crippen LogP contribution in [-0.4, -0.2) is 81.1 Å². The van der Waals surface area contributed by atoms with E-state index in [9.17, 15) is 14.4 Å². The average Bonchev–Trinajstić information content (AvgIpc) is 3.49. The summed E-state index contributed by atoms with van der Waals surface area (Å²) in [4.78, 5) is 48.6. The first kappa shape index (κ1) is 30.5. The number of ketones is 1. The van der Waals surface area contributed by atoms with Gasteiger partial charge in [0.15, 0.2) is 6.23 Å². The number of nitrogens with zero attached hydrogens (tertiary/aromatic N) is 5. The Kier molecular flexibility index (Phi) is 9.32. The number of fused-ring (bicyclic) bond motifs is 1. The summed E-state index contributed by atoms with van der Waals surface area (Å²) in [5, 5.41) is 0. The van der Waals surface area contributed by atoms with Crippen LogP contribution in [-0.2, 0) is 22.6 Å². The molecule has 228 valence electrons. The van der Waals surface area contributed by atoms with Crippen molar-refractivity contribution in [1.82, 2.24) is 24.2 Å². The van der Waals surface area contributed by atoms with Gasteiger partial charge in [-0.25, -0.2) is 4.79 Å². The van der Waals surface area contributed by atoms with Crippen molar-refractivity contribution in [2.24, 2.45) is 0 Å². The van der Waals surface area contributed by atoms with E-state index < -0.39 is 11.8 Å². The van der Waals surface area contributed by atoms with E-state index in [1.807, 2.05) is 84.2 Å². The fourth-order valence-corrected chi connectivity index (χ4v) is 6.70. The molecule has 2 aliphatic heterocycles. The molecule has 9 heteroatoms. The van der Waals surface area contributed by atoms with Crippen molar-refractivity contribution in [3.63, 3.8) is 0 Å². The molecule has 43 heavy (non-hydrogen) atoms. The Bertz CT molecular complexity index is 1410. The molecule has 0 bridgehead atoms. The molecule has 3 aromatic rings. The van der Waals surface area contributed by atoms with Crippen LogP contribution in [0.5, 0.6) is 0 Å². The molecule has 3 amide bonds. The summed E-state index contributed by atoms with van der Waals surface area (Å²) in [6, 6.07) is 23.2. The highest BCUT2D eigenvalue weighted by atomic mass is 16.5. The van der Waals surface area contributed by atoms with Gasteiger partial charge in [0, 0.05) is 46.3 Å². The zero-order valence-electron chi connectivity index (χ0n) is 25.7. The van der Waals surface area contributed by atoms with E-state index in [1.54, 1.807) is 23.0 Å². The molecule has 9 nitrogen and oxygen atoms in total. The summed E-state index contributed by atoms with van der Waals surface area (Å²) in [5.41, 5.74) is 2.05. The number of carbonyl (C=O) groups is 3. The number of benzene rings is 2. The second kappa shape index (κ2) is 13.1. The Labute approximate surface area is 254 Å². The van der Waals surface area contributed by atoms with Crippen molar-refractivity contribution >= 4 is 17.7 Å². The number of hydrogen-bond acceptors (Lipinski definition) is 5. The topological polar surface area (TPSA) is 78.3 Å². The van der Waals surface area contributed by atoms with E-state index in [1.165, 1.54) is 5.56 Å². The largest absolute Gasteiger partial charge is 0.359 e. The minimum atomic E-state index is -0.664. The van der Waals surface area contributed by atoms with Gasteiger partial charge in [-0.05, 0) is 36.6 Å². The van der Waals surface area contributed by atoms with Crippen molar-refractivity contribution in [2.75, 3.05) is 27.5 Å². The number of urea groups is 1. The lowest BCUT2D eigenvalue weighted by atomic mass is 9.86. The second-order valence-corrected chi connectivity index (χ2v) is 12.1. The monoisotopic (exact) mass is 585 g/mol. The molecular weight excluding hydrogens is 542 g/mol. The lowest BCUT2D eigenvalue weighted by Crippen LogP contribution is -2.63. The summed E-state index contributed by atoms with van der Waals surface area (Å²) < 4.78 is 7.82. The van der Waals surface area contributed by atoms with Gasteiger partial charge in [0.1, 0.15) is 11.5 Å². The highest BCUT2D eigenvalue weighted by Crippen LogP contribution is 2.35. The van der Waals surface area contributed by atoms with Crippen LogP contribution in [0.25, 0.3) is 0 Å². The SMILES string of the molecule is CCC[C@@](C)(CC(=O)C[C@@H]1[C@@H](OC)N(Cc2ccccc2)C(=O)c2cccn21)N1CN(Cc2ccccc2)CN(C)C1=O. The van der Waals surface area contributed by atoms with E-state index in [0.717, 1.165) is 12.0 Å². The van der Waals surface area contributed by atoms with E-state index in [4.69, 9.17) is 4.74 Å². The maximum atomic E-state index is 14.0. The molecule has 1 aromatic heterocycles. The number of rotatable bonds is 12. The van der Waals surface area contributed by atoms with Gasteiger partial charge in [0.2, 0.25) is 0 Å². The minimum absolute atomic E-state index is 0.0345. The van der Waals surface area contributed by atoms with E-state index >= 15 is 0 Å². The summed E-state index contributed by atoms with van der Waals surface area (Å²) in [6.45, 7) is 6.20. The van der Waals surface area contributed by atoms with E-state index in [-0.39, 0.29) is 36.6 Å². The standard InChI is InChI=1S/C34H43N5O4/c1-5-18-34(2,39-25-36(24-35(3)33(39)42)22-26-13-8-6-9-14-26)21-28(40)20-30-32(43-4)38(23-27-15-10-7-11-16-27)31(41)29-17-12-19-37(29)30/h6-17,19,30,32H,5,18,20-25H2,1-4H3/t30-,32-,34+/m1/s1. The first-order valence-corrected chi connectivity index (χ1v) is 15.1. The van der Waals surface area contributed by atoms with Crippen molar-refractivity contribution in [3.8, 4) is 0 Å². The van der Waals surface area contributed by atoms with Crippen LogP contribution in [0, 0.1) is 0 Å². The third kappa shape index (κ3) is 6.53. The first-order chi connectivity index (χ1) is 20.7. The van der Waals surface area contributed by atoms with Crippen molar-refractivity contribution in [3.05, 3.63) is 95.8 Å². The van der Waals surface area contributed by atoms with Crippen LogP contribution in [0.1, 0.15) is 67.2 Å². The number of carbonyl (C=O) groups excluding carboxylic acids is 3. The molecular formula is C34H43N5O4. The van der Waals surface area contributed by atoms with Crippen LogP contribution in [0.3, 0.4) is 0 Å². The number of methoxy groups -OCH3 is 1. The summed E-state index contributed by atoms with van der Waals surface area (Å²) in [7, 11) is 3.41. The molecule has 1 saturated heterocycles. The Morgan fingerprint density at radius 2 is 1.58 bits per heavy atom. The molecule has 1 fully saturated rings. The molecule has 0 saturated carbocycles. The molecule has 3 heterocycles. The zero-order chi connectivity index (χ0) is 30.6. The van der Waals surface area contributed by atoms with E-state index in [0.29, 0.717) is 38.5 Å². The second-order valence-electron chi connectivity index (χ2n) is 12.1. The van der Waals surface area contributed by atoms with Gasteiger partial charge in [0.05, 0.1) is 24.9 Å². The van der Waals surface area contributed by atoms with Crippen LogP contribution >= 0.6 is 0 Å². The first-order valence-electron chi connectivity index (χ1n) is 15.1. The van der Waals surface area contributed by atoms with Gasteiger partial charge >= 0.3 is 6.03 Å². The molecule has 5 rings (SSSR count). The molecule has 0 N–H and O–H groups in total. The van der Waals surface area contributed by atoms with Crippen LogP contribution in [0.2, 0.25) is 0 Å². The molecule has 3 atom stereocenters. The molecule has 0 unspecified atom stereocenters. The number of hydrogen-bond donors (Lipinski definition) is 0. The Balaban J connectivity index is 1.36. The molecule has 0 radical (unpaired) electrons. The predicted octanol–water partition coefficient (Wildman–Crippen LogP) is 5.35. The third-order valence-corrected chi connectivity index (χ3v) is 8.70. The summed E-state index contributed by atoms with van der Waals surface area (Å²) >= 11 is 0. The minimum Gasteiger partial charge on any atom is -0.359 e. The van der Waals surface area contributed by atoms with Crippen LogP contribution in [0.4, 0.5) is 4.79 Å². The molecule has 2 aliphatic rings. The van der Waals surface area contributed by atoms with Crippen LogP contribution < -0.4 is 0 Å². The fourth-order valence-electron chi connectivity index (χ4n) is 6.70. The van der Waals surface area contributed by atoms with Gasteiger partial charge in [-0.3, -0.25) is 14.5 Å². The zero-order valence-corrected chi connectivity index (χ0v) is 25.7. The number of amides is 3. The normalized spacial score (nSPS) is 20.7. The number of ether oxygens (including phenoxy) is 1. The summed E-state index contributed by atoms with van der Waals surface area (Å²) in [6.07, 6.45) is 3.18. The third-order valence-electron chi connectivity index (χ3n) is 8.70. The van der Waals surface area contributed by atoms with Gasteiger partial charge in [0.25, 0.3) is 5.91 Å². The molecule has 0 spiro atoms. The highest BCUT2D eigenvalue weighted by Gasteiger charge is 2.44. The maximum Gasteiger partial charge on any atom is 0.322 e. The Morgan fingerprint density at radius 3 is 2.21 bits per heavy atom. The van der Waals surface area contributed by atoms with Crippen molar-refractivity contribution in [2.45, 2.75) is 70.4 Å². The van der Waals surface area contributed by atoms with Crippen LogP contribution in [0.15, 0.2) is 79.0 Å². The highest BCUT2D eigenvalue weighted by molar-refractivity contribution is 5.94. The predicted molar refractivity (Wildman–Crippen MR) is 165 cm³/mol. The fraction of sp³-hybridized carbons (Fsp3) is 0.441. The Hall–Kier alpha value is -3.95. The maximum absolute atomic E-state index is 14.0. The molecule has 2 aromatic carbocycles. The van der Waals surface area contributed by atoms with Gasteiger partial charge < -0.3 is 24.0 Å². The number of Topliss-reactive ketones (excluding diaryl/α,β-unsaturated/α-hetero) is 1. The van der Waals surface area contributed by atoms with Crippen molar-refractivity contribution < 1.29 is 19.1 Å². The number of aromatic nitrogens is 1. The smallest absolute Gasteiger partial charge is 0.322 e. The Morgan fingerprint density at radius 1 is 0.930 bits per heavy atom.